The number of nitriles is 1. The Morgan fingerprint density at radius 2 is 2.12 bits per heavy atom. The number of hydrogen-bond acceptors (Lipinski definition) is 3. The second kappa shape index (κ2) is 7.64. The molecule has 0 heterocycles. The molecule has 0 aliphatic carbocycles. The third kappa shape index (κ3) is 5.32. The number of rotatable bonds is 6. The average molecular weight is 249 g/mol. The maximum Gasteiger partial charge on any atom is 0.143 e. The summed E-state index contributed by atoms with van der Waals surface area (Å²) in [6, 6.07) is 8.17. The number of thioether (sulfide) groups is 1. The van der Waals surface area contributed by atoms with E-state index in [9.17, 15) is 9.18 Å². The van der Waals surface area contributed by atoms with Crippen LogP contribution in [0, 0.1) is 17.1 Å². The molecule has 0 aromatic heterocycles. The van der Waals surface area contributed by atoms with Gasteiger partial charge in [-0.3, -0.25) is 4.79 Å². The molecule has 0 saturated carbocycles. The minimum Gasteiger partial charge on any atom is -0.299 e. The topological polar surface area (TPSA) is 40.9 Å². The van der Waals surface area contributed by atoms with Gasteiger partial charge in [0, 0.05) is 11.3 Å². The van der Waals surface area contributed by atoms with Crippen molar-refractivity contribution in [2.75, 3.05) is 0 Å². The van der Waals surface area contributed by atoms with Crippen LogP contribution >= 0.6 is 11.8 Å². The lowest BCUT2D eigenvalue weighted by molar-refractivity contribution is -0.104. The third-order valence-electron chi connectivity index (χ3n) is 2.03. The van der Waals surface area contributed by atoms with Crippen LogP contribution in [0.2, 0.25) is 0 Å². The molecule has 0 aliphatic heterocycles. The minimum absolute atomic E-state index is 0.278. The molecule has 0 radical (unpaired) electrons. The van der Waals surface area contributed by atoms with Gasteiger partial charge < -0.3 is 0 Å². The summed E-state index contributed by atoms with van der Waals surface area (Å²) in [5.41, 5.74) is 0. The predicted octanol–water partition coefficient (Wildman–Crippen LogP) is 3.69. The Kier molecular flexibility index (Phi) is 6.05. The summed E-state index contributed by atoms with van der Waals surface area (Å²) >= 11 is 1.43. The number of aldehydes is 1. The zero-order chi connectivity index (χ0) is 12.5. The monoisotopic (exact) mass is 249 g/mol. The zero-order valence-electron chi connectivity index (χ0n) is 9.23. The molecule has 1 rings (SSSR count). The lowest BCUT2D eigenvalue weighted by Gasteiger charge is -2.04. The summed E-state index contributed by atoms with van der Waals surface area (Å²) in [5.74, 6) is -0.278. The fourth-order valence-electron chi connectivity index (χ4n) is 1.24. The smallest absolute Gasteiger partial charge is 0.143 e. The van der Waals surface area contributed by atoms with E-state index in [0.717, 1.165) is 22.5 Å². The lowest BCUT2D eigenvalue weighted by atomic mass is 10.2. The molecule has 88 valence electrons. The highest BCUT2D eigenvalue weighted by atomic mass is 32.2. The summed E-state index contributed by atoms with van der Waals surface area (Å²) in [5, 5.41) is 8.44. The van der Waals surface area contributed by atoms with Crippen LogP contribution in [0.3, 0.4) is 0 Å². The highest BCUT2D eigenvalue weighted by Gasteiger charge is 2.01. The molecule has 17 heavy (non-hydrogen) atoms. The van der Waals surface area contributed by atoms with Crippen molar-refractivity contribution in [2.45, 2.75) is 24.2 Å². The molecule has 4 heteroatoms. The molecule has 0 saturated heterocycles. The van der Waals surface area contributed by atoms with Crippen LogP contribution in [0.5, 0.6) is 0 Å². The molecule has 0 bridgehead atoms. The van der Waals surface area contributed by atoms with Crippen LogP contribution in [0.1, 0.15) is 19.3 Å². The van der Waals surface area contributed by atoms with Crippen LogP contribution in [0.25, 0.3) is 0 Å². The first-order chi connectivity index (χ1) is 8.26. The summed E-state index contributed by atoms with van der Waals surface area (Å²) in [6.07, 6.45) is 4.11. The molecule has 0 aliphatic rings. The van der Waals surface area contributed by atoms with Crippen molar-refractivity contribution < 1.29 is 9.18 Å². The van der Waals surface area contributed by atoms with E-state index >= 15 is 0 Å². The molecule has 0 atom stereocenters. The number of unbranched alkanes of at least 4 members (excludes halogenated alkanes) is 1. The Bertz CT molecular complexity index is 434. The summed E-state index contributed by atoms with van der Waals surface area (Å²) in [6.45, 7) is 0. The molecule has 1 aromatic rings. The van der Waals surface area contributed by atoms with E-state index in [-0.39, 0.29) is 5.82 Å². The predicted molar refractivity (Wildman–Crippen MR) is 65.9 cm³/mol. The van der Waals surface area contributed by atoms with Crippen molar-refractivity contribution in [3.8, 4) is 6.07 Å². The van der Waals surface area contributed by atoms with E-state index in [2.05, 4.69) is 6.07 Å². The van der Waals surface area contributed by atoms with Gasteiger partial charge in [0.25, 0.3) is 0 Å². The average Bonchev–Trinajstić information content (AvgIpc) is 2.32. The van der Waals surface area contributed by atoms with Gasteiger partial charge in [-0.1, -0.05) is 11.8 Å². The molecule has 2 nitrogen and oxygen atoms in total. The van der Waals surface area contributed by atoms with Crippen molar-refractivity contribution in [1.29, 1.82) is 5.26 Å². The second-order valence-corrected chi connectivity index (χ2v) is 4.54. The maximum absolute atomic E-state index is 12.7. The summed E-state index contributed by atoms with van der Waals surface area (Å²) in [7, 11) is 0. The van der Waals surface area contributed by atoms with Gasteiger partial charge in [-0.05, 0) is 48.1 Å². The van der Waals surface area contributed by atoms with Gasteiger partial charge in [0.1, 0.15) is 12.1 Å². The Morgan fingerprint density at radius 1 is 1.41 bits per heavy atom. The third-order valence-corrected chi connectivity index (χ3v) is 3.14. The Balaban J connectivity index is 2.61. The fourth-order valence-corrected chi connectivity index (χ4v) is 2.18. The number of allylic oxidation sites excluding steroid dienone is 2. The molecule has 0 N–H and O–H groups in total. The maximum atomic E-state index is 12.7. The van der Waals surface area contributed by atoms with E-state index in [1.165, 1.54) is 30.0 Å². The first-order valence-corrected chi connectivity index (χ1v) is 6.02. The van der Waals surface area contributed by atoms with E-state index in [1.54, 1.807) is 12.1 Å². The van der Waals surface area contributed by atoms with Crippen LogP contribution in [0.4, 0.5) is 4.39 Å². The van der Waals surface area contributed by atoms with Crippen LogP contribution in [-0.2, 0) is 4.79 Å². The van der Waals surface area contributed by atoms with Gasteiger partial charge in [0.15, 0.2) is 0 Å². The molecule has 0 spiro atoms. The first-order valence-electron chi connectivity index (χ1n) is 5.21. The summed E-state index contributed by atoms with van der Waals surface area (Å²) < 4.78 is 12.7. The van der Waals surface area contributed by atoms with Gasteiger partial charge in [0.2, 0.25) is 0 Å². The van der Waals surface area contributed by atoms with Crippen molar-refractivity contribution in [2.24, 2.45) is 0 Å². The number of nitrogens with zero attached hydrogens (tertiary/aromatic N) is 1. The zero-order valence-corrected chi connectivity index (χ0v) is 10.0. The first kappa shape index (κ1) is 13.5. The van der Waals surface area contributed by atoms with E-state index in [4.69, 9.17) is 5.26 Å². The van der Waals surface area contributed by atoms with E-state index in [1.807, 2.05) is 0 Å². The van der Waals surface area contributed by atoms with Crippen LogP contribution in [0.15, 0.2) is 40.1 Å². The van der Waals surface area contributed by atoms with Gasteiger partial charge in [-0.15, -0.1) is 0 Å². The molecular weight excluding hydrogens is 237 g/mol. The minimum atomic E-state index is -0.278. The fraction of sp³-hybridized carbons (Fsp3) is 0.231. The largest absolute Gasteiger partial charge is 0.299 e. The summed E-state index contributed by atoms with van der Waals surface area (Å²) in [4.78, 5) is 12.3. The van der Waals surface area contributed by atoms with Crippen molar-refractivity contribution in [1.82, 2.24) is 0 Å². The molecule has 1 aromatic carbocycles. The van der Waals surface area contributed by atoms with Gasteiger partial charge >= 0.3 is 0 Å². The Labute approximate surface area is 104 Å². The van der Waals surface area contributed by atoms with Crippen LogP contribution in [-0.4, -0.2) is 6.29 Å². The molecular formula is C13H12FNOS. The number of carbonyl (C=O) groups is 1. The van der Waals surface area contributed by atoms with Crippen molar-refractivity contribution in [3.63, 3.8) is 0 Å². The normalized spacial score (nSPS) is 10.9. The molecule has 0 amide bonds. The molecule has 0 fully saturated rings. The number of hydrogen-bond donors (Lipinski definition) is 0. The van der Waals surface area contributed by atoms with E-state index in [0.29, 0.717) is 12.8 Å². The second-order valence-electron chi connectivity index (χ2n) is 3.34. The highest BCUT2D eigenvalue weighted by Crippen LogP contribution is 2.29. The van der Waals surface area contributed by atoms with Crippen LogP contribution < -0.4 is 0 Å². The van der Waals surface area contributed by atoms with Gasteiger partial charge in [0.05, 0.1) is 6.07 Å². The highest BCUT2D eigenvalue weighted by molar-refractivity contribution is 8.03. The lowest BCUT2D eigenvalue weighted by Crippen LogP contribution is -1.82. The molecule has 0 unspecified atom stereocenters. The standard InChI is InChI=1S/C13H12FNOS/c14-11-4-6-13(7-5-11)17-12(8-10-16)3-1-2-9-15/h4-8,10H,1-3H2/b12-8+. The van der Waals surface area contributed by atoms with Crippen molar-refractivity contribution in [3.05, 3.63) is 41.1 Å². The SMILES string of the molecule is N#CCCC/C(=C\C=O)Sc1ccc(F)cc1. The Morgan fingerprint density at radius 3 is 2.71 bits per heavy atom. The Hall–Kier alpha value is -1.60. The van der Waals surface area contributed by atoms with Gasteiger partial charge in [-0.2, -0.15) is 5.26 Å². The van der Waals surface area contributed by atoms with Gasteiger partial charge in [-0.25, -0.2) is 4.39 Å². The quantitative estimate of drug-likeness (QED) is 0.334. The van der Waals surface area contributed by atoms with E-state index < -0.39 is 0 Å². The number of halogens is 1. The number of benzene rings is 1. The number of carbonyl (C=O) groups excluding carboxylic acids is 1. The van der Waals surface area contributed by atoms with Crippen molar-refractivity contribution >= 4 is 18.0 Å².